The second kappa shape index (κ2) is 9.02. The summed E-state index contributed by atoms with van der Waals surface area (Å²) >= 11 is 0. The van der Waals surface area contributed by atoms with Gasteiger partial charge in [-0.05, 0) is 46.5 Å². The van der Waals surface area contributed by atoms with E-state index in [2.05, 4.69) is 34.2 Å². The van der Waals surface area contributed by atoms with Gasteiger partial charge in [0.05, 0.1) is 6.20 Å². The van der Waals surface area contributed by atoms with E-state index in [1.807, 2.05) is 51.3 Å². The van der Waals surface area contributed by atoms with Gasteiger partial charge in [-0.25, -0.2) is 14.8 Å². The highest BCUT2D eigenvalue weighted by atomic mass is 16.6. The molecule has 0 unspecified atom stereocenters. The summed E-state index contributed by atoms with van der Waals surface area (Å²) < 4.78 is 7.45. The Hall–Kier alpha value is -2.64. The Labute approximate surface area is 179 Å². The van der Waals surface area contributed by atoms with Crippen LogP contribution in [0.15, 0.2) is 24.8 Å². The fraction of sp³-hybridized carbons (Fsp3) is 0.636. The van der Waals surface area contributed by atoms with Crippen LogP contribution in [0.4, 0.5) is 10.7 Å². The van der Waals surface area contributed by atoms with Crippen LogP contribution in [0.3, 0.4) is 0 Å². The monoisotopic (exact) mass is 414 g/mol. The highest BCUT2D eigenvalue weighted by Gasteiger charge is 2.39. The van der Waals surface area contributed by atoms with Crippen LogP contribution < -0.4 is 5.32 Å². The molecule has 3 rings (SSSR count). The summed E-state index contributed by atoms with van der Waals surface area (Å²) in [7, 11) is 1.89. The van der Waals surface area contributed by atoms with Crippen LogP contribution in [0.2, 0.25) is 0 Å². The molecule has 1 N–H and O–H groups in total. The van der Waals surface area contributed by atoms with Crippen molar-refractivity contribution in [3.8, 4) is 11.1 Å². The highest BCUT2D eigenvalue weighted by Crippen LogP contribution is 2.30. The Balaban J connectivity index is 1.68. The Morgan fingerprint density at radius 1 is 1.10 bits per heavy atom. The number of carbonyl (C=O) groups excluding carboxylic acids is 1. The molecule has 8 heteroatoms. The van der Waals surface area contributed by atoms with Crippen LogP contribution in [0.5, 0.6) is 0 Å². The van der Waals surface area contributed by atoms with Crippen molar-refractivity contribution in [1.82, 2.24) is 24.6 Å². The van der Waals surface area contributed by atoms with E-state index in [0.29, 0.717) is 5.95 Å². The van der Waals surface area contributed by atoms with Crippen LogP contribution in [-0.4, -0.2) is 54.5 Å². The third kappa shape index (κ3) is 5.29. The lowest BCUT2D eigenvalue weighted by Crippen LogP contribution is -2.55. The zero-order chi connectivity index (χ0) is 21.9. The molecule has 3 atom stereocenters. The van der Waals surface area contributed by atoms with Gasteiger partial charge in [-0.3, -0.25) is 4.68 Å². The maximum atomic E-state index is 12.8. The smallest absolute Gasteiger partial charge is 0.410 e. The van der Waals surface area contributed by atoms with Crippen molar-refractivity contribution in [2.75, 3.05) is 5.32 Å². The van der Waals surface area contributed by atoms with E-state index >= 15 is 0 Å². The van der Waals surface area contributed by atoms with E-state index in [0.717, 1.165) is 36.8 Å². The van der Waals surface area contributed by atoms with Crippen molar-refractivity contribution in [2.45, 2.75) is 84.0 Å². The number of ether oxygens (including phenoxy) is 1. The molecule has 1 fully saturated rings. The first kappa shape index (κ1) is 22.1. The molecular weight excluding hydrogens is 380 g/mol. The first-order valence-corrected chi connectivity index (χ1v) is 10.8. The second-order valence-corrected chi connectivity index (χ2v) is 9.02. The van der Waals surface area contributed by atoms with Gasteiger partial charge in [-0.1, -0.05) is 13.8 Å². The number of aromatic nitrogens is 4. The van der Waals surface area contributed by atoms with Crippen molar-refractivity contribution in [2.24, 2.45) is 7.05 Å². The molecule has 0 bridgehead atoms. The molecule has 3 heterocycles. The van der Waals surface area contributed by atoms with Gasteiger partial charge in [0.2, 0.25) is 5.95 Å². The predicted molar refractivity (Wildman–Crippen MR) is 117 cm³/mol. The van der Waals surface area contributed by atoms with Gasteiger partial charge in [0, 0.05) is 54.9 Å². The fourth-order valence-corrected chi connectivity index (χ4v) is 4.04. The van der Waals surface area contributed by atoms with E-state index in [9.17, 15) is 4.79 Å². The molecule has 2 aromatic heterocycles. The largest absolute Gasteiger partial charge is 0.444 e. The SMILES string of the molecule is CC[C@@H]1C[C@H](Nc2ncc(-c3cnn(C)c3)cn2)C[C@H](CC)N1C(=O)OC(C)(C)C. The normalized spacial score (nSPS) is 22.1. The molecule has 1 aliphatic heterocycles. The van der Waals surface area contributed by atoms with Crippen molar-refractivity contribution >= 4 is 12.0 Å². The van der Waals surface area contributed by atoms with Gasteiger partial charge in [0.15, 0.2) is 0 Å². The molecule has 2 aromatic rings. The maximum absolute atomic E-state index is 12.8. The van der Waals surface area contributed by atoms with Gasteiger partial charge in [0.25, 0.3) is 0 Å². The van der Waals surface area contributed by atoms with E-state index in [-0.39, 0.29) is 24.2 Å². The molecule has 1 saturated heterocycles. The number of nitrogens with one attached hydrogen (secondary N) is 1. The molecule has 0 saturated carbocycles. The fourth-order valence-electron chi connectivity index (χ4n) is 4.04. The topological polar surface area (TPSA) is 85.2 Å². The Kier molecular flexibility index (Phi) is 6.63. The predicted octanol–water partition coefficient (Wildman–Crippen LogP) is 4.25. The van der Waals surface area contributed by atoms with Gasteiger partial charge in [-0.2, -0.15) is 5.10 Å². The standard InChI is InChI=1S/C22H34N6O2/c1-7-18-9-17(10-19(8-2)28(18)21(29)30-22(3,4)5)26-20-23-11-15(12-24-20)16-13-25-27(6)14-16/h11-14,17-19H,7-10H2,1-6H3,(H,23,24,26)/t17-,18+,19-. The summed E-state index contributed by atoms with van der Waals surface area (Å²) in [6.07, 6.45) is 10.6. The van der Waals surface area contributed by atoms with Crippen LogP contribution >= 0.6 is 0 Å². The summed E-state index contributed by atoms with van der Waals surface area (Å²) in [6.45, 7) is 9.97. The summed E-state index contributed by atoms with van der Waals surface area (Å²) in [4.78, 5) is 23.8. The lowest BCUT2D eigenvalue weighted by atomic mass is 9.89. The number of anilines is 1. The summed E-state index contributed by atoms with van der Waals surface area (Å²) in [5, 5.41) is 7.67. The van der Waals surface area contributed by atoms with E-state index in [4.69, 9.17) is 4.74 Å². The zero-order valence-corrected chi connectivity index (χ0v) is 18.9. The van der Waals surface area contributed by atoms with E-state index < -0.39 is 5.60 Å². The maximum Gasteiger partial charge on any atom is 0.410 e. The molecule has 8 nitrogen and oxygen atoms in total. The van der Waals surface area contributed by atoms with Crippen molar-refractivity contribution < 1.29 is 9.53 Å². The number of rotatable bonds is 5. The van der Waals surface area contributed by atoms with Crippen molar-refractivity contribution in [1.29, 1.82) is 0 Å². The average Bonchev–Trinajstić information content (AvgIpc) is 3.12. The Morgan fingerprint density at radius 3 is 2.17 bits per heavy atom. The number of carbonyl (C=O) groups is 1. The van der Waals surface area contributed by atoms with Crippen LogP contribution in [0.25, 0.3) is 11.1 Å². The number of piperidine rings is 1. The average molecular weight is 415 g/mol. The van der Waals surface area contributed by atoms with Crippen LogP contribution in [0, 0.1) is 0 Å². The summed E-state index contributed by atoms with van der Waals surface area (Å²) in [5.41, 5.74) is 1.44. The quantitative estimate of drug-likeness (QED) is 0.787. The van der Waals surface area contributed by atoms with Gasteiger partial charge in [0.1, 0.15) is 5.60 Å². The Bertz CT molecular complexity index is 828. The molecule has 0 aliphatic carbocycles. The molecule has 0 aromatic carbocycles. The van der Waals surface area contributed by atoms with Gasteiger partial charge >= 0.3 is 6.09 Å². The van der Waals surface area contributed by atoms with Gasteiger partial charge < -0.3 is 15.0 Å². The number of likely N-dealkylation sites (tertiary alicyclic amines) is 1. The van der Waals surface area contributed by atoms with E-state index in [1.165, 1.54) is 0 Å². The van der Waals surface area contributed by atoms with Crippen molar-refractivity contribution in [3.63, 3.8) is 0 Å². The highest BCUT2D eigenvalue weighted by molar-refractivity contribution is 5.69. The second-order valence-electron chi connectivity index (χ2n) is 9.02. The molecular formula is C22H34N6O2. The first-order chi connectivity index (χ1) is 14.2. The lowest BCUT2D eigenvalue weighted by Gasteiger charge is -2.45. The Morgan fingerprint density at radius 2 is 1.70 bits per heavy atom. The van der Waals surface area contributed by atoms with Crippen LogP contribution in [0.1, 0.15) is 60.3 Å². The third-order valence-corrected chi connectivity index (χ3v) is 5.47. The molecule has 1 aliphatic rings. The molecule has 1 amide bonds. The number of nitrogens with zero attached hydrogens (tertiary/aromatic N) is 5. The number of hydrogen-bond acceptors (Lipinski definition) is 6. The molecule has 0 spiro atoms. The zero-order valence-electron chi connectivity index (χ0n) is 18.9. The van der Waals surface area contributed by atoms with Gasteiger partial charge in [-0.15, -0.1) is 0 Å². The lowest BCUT2D eigenvalue weighted by molar-refractivity contribution is -0.00812. The first-order valence-electron chi connectivity index (χ1n) is 10.8. The number of amides is 1. The van der Waals surface area contributed by atoms with E-state index in [1.54, 1.807) is 10.9 Å². The molecule has 0 radical (unpaired) electrons. The molecule has 30 heavy (non-hydrogen) atoms. The minimum absolute atomic E-state index is 0.130. The summed E-state index contributed by atoms with van der Waals surface area (Å²) in [6, 6.07) is 0.472. The minimum atomic E-state index is -0.493. The molecule has 164 valence electrons. The van der Waals surface area contributed by atoms with Crippen LogP contribution in [-0.2, 0) is 11.8 Å². The third-order valence-electron chi connectivity index (χ3n) is 5.47. The summed E-state index contributed by atoms with van der Waals surface area (Å²) in [5.74, 6) is 0.614. The van der Waals surface area contributed by atoms with Crippen molar-refractivity contribution in [3.05, 3.63) is 24.8 Å². The number of aryl methyl sites for hydroxylation is 1. The minimum Gasteiger partial charge on any atom is -0.444 e. The number of hydrogen-bond donors (Lipinski definition) is 1.